The molecule has 1 aliphatic heterocycles. The number of carboxylic acids is 1. The number of methoxy groups -OCH3 is 1. The highest BCUT2D eigenvalue weighted by Gasteiger charge is 2.29. The minimum Gasteiger partial charge on any atom is -0.481 e. The fourth-order valence-corrected chi connectivity index (χ4v) is 3.60. The van der Waals surface area contributed by atoms with Crippen LogP contribution in [0.4, 0.5) is 0 Å². The van der Waals surface area contributed by atoms with Crippen LogP contribution < -0.4 is 0 Å². The first kappa shape index (κ1) is 14.8. The van der Waals surface area contributed by atoms with Gasteiger partial charge in [0, 0.05) is 19.6 Å². The molecule has 2 rings (SSSR count). The Morgan fingerprint density at radius 3 is 2.63 bits per heavy atom. The van der Waals surface area contributed by atoms with Crippen LogP contribution >= 0.6 is 0 Å². The van der Waals surface area contributed by atoms with E-state index in [0.29, 0.717) is 24.5 Å². The number of hydrogen-bond acceptors (Lipinski definition) is 3. The van der Waals surface area contributed by atoms with Crippen molar-refractivity contribution in [1.29, 1.82) is 0 Å². The van der Waals surface area contributed by atoms with E-state index in [1.807, 2.05) is 7.11 Å². The van der Waals surface area contributed by atoms with Crippen molar-refractivity contribution in [2.24, 2.45) is 5.92 Å². The number of aliphatic carboxylic acids is 1. The monoisotopic (exact) mass is 269 g/mol. The zero-order valence-electron chi connectivity index (χ0n) is 12.0. The molecule has 1 heterocycles. The molecule has 2 aliphatic rings. The van der Waals surface area contributed by atoms with E-state index in [0.717, 1.165) is 19.5 Å². The highest BCUT2D eigenvalue weighted by atomic mass is 16.5. The number of carboxylic acid groups (broad SMARTS) is 1. The van der Waals surface area contributed by atoms with Crippen LogP contribution in [0.5, 0.6) is 0 Å². The maximum absolute atomic E-state index is 10.6. The summed E-state index contributed by atoms with van der Waals surface area (Å²) < 4.78 is 5.51. The van der Waals surface area contributed by atoms with Gasteiger partial charge in [0.1, 0.15) is 0 Å². The number of carbonyl (C=O) groups is 1. The van der Waals surface area contributed by atoms with Crippen molar-refractivity contribution >= 4 is 5.97 Å². The van der Waals surface area contributed by atoms with E-state index in [4.69, 9.17) is 9.84 Å². The molecule has 0 spiro atoms. The summed E-state index contributed by atoms with van der Waals surface area (Å²) in [5, 5.41) is 8.73. The van der Waals surface area contributed by atoms with E-state index in [2.05, 4.69) is 4.90 Å². The molecule has 0 radical (unpaired) electrons. The normalized spacial score (nSPS) is 30.4. The molecule has 2 unspecified atom stereocenters. The Morgan fingerprint density at radius 1 is 1.26 bits per heavy atom. The Kier molecular flexibility index (Phi) is 5.64. The van der Waals surface area contributed by atoms with E-state index >= 15 is 0 Å². The fraction of sp³-hybridized carbons (Fsp3) is 0.933. The topological polar surface area (TPSA) is 49.8 Å². The average Bonchev–Trinajstić information content (AvgIpc) is 2.45. The predicted molar refractivity (Wildman–Crippen MR) is 74.2 cm³/mol. The molecule has 0 aromatic carbocycles. The lowest BCUT2D eigenvalue weighted by atomic mass is 9.87. The van der Waals surface area contributed by atoms with Crippen LogP contribution in [0.15, 0.2) is 0 Å². The molecule has 0 aromatic rings. The van der Waals surface area contributed by atoms with Crippen LogP contribution in [0.1, 0.15) is 51.4 Å². The van der Waals surface area contributed by atoms with Crippen LogP contribution in [-0.4, -0.2) is 48.3 Å². The summed E-state index contributed by atoms with van der Waals surface area (Å²) in [6, 6.07) is 0.694. The molecular formula is C15H27NO3. The Balaban J connectivity index is 1.72. The molecule has 0 aromatic heterocycles. The maximum Gasteiger partial charge on any atom is 0.303 e. The Bertz CT molecular complexity index is 287. The second-order valence-electron chi connectivity index (χ2n) is 6.09. The summed E-state index contributed by atoms with van der Waals surface area (Å²) in [6.07, 6.45) is 8.95. The van der Waals surface area contributed by atoms with Crippen molar-refractivity contribution in [3.05, 3.63) is 0 Å². The standard InChI is InChI=1S/C15H27NO3/c1-19-14-4-2-3-13(11-14)16-9-7-12(8-10-16)5-6-15(17)18/h12-14H,2-11H2,1H3,(H,17,18). The maximum atomic E-state index is 10.6. The smallest absolute Gasteiger partial charge is 0.303 e. The third kappa shape index (κ3) is 4.46. The summed E-state index contributed by atoms with van der Waals surface area (Å²) in [5.74, 6) is -0.0354. The molecule has 1 saturated carbocycles. The number of ether oxygens (including phenoxy) is 1. The summed E-state index contributed by atoms with van der Waals surface area (Å²) in [4.78, 5) is 13.2. The van der Waals surface area contributed by atoms with Crippen molar-refractivity contribution in [3.63, 3.8) is 0 Å². The van der Waals surface area contributed by atoms with Crippen molar-refractivity contribution < 1.29 is 14.6 Å². The van der Waals surface area contributed by atoms with Crippen molar-refractivity contribution in [2.45, 2.75) is 63.5 Å². The van der Waals surface area contributed by atoms with Gasteiger partial charge in [0.25, 0.3) is 0 Å². The fourth-order valence-electron chi connectivity index (χ4n) is 3.60. The molecule has 1 aliphatic carbocycles. The molecule has 0 bridgehead atoms. The molecule has 110 valence electrons. The van der Waals surface area contributed by atoms with Crippen molar-refractivity contribution in [3.8, 4) is 0 Å². The summed E-state index contributed by atoms with van der Waals surface area (Å²) in [7, 11) is 1.82. The number of nitrogens with zero attached hydrogens (tertiary/aromatic N) is 1. The average molecular weight is 269 g/mol. The number of hydrogen-bond donors (Lipinski definition) is 1. The van der Waals surface area contributed by atoms with Crippen LogP contribution in [0.3, 0.4) is 0 Å². The zero-order valence-corrected chi connectivity index (χ0v) is 12.0. The second kappa shape index (κ2) is 7.25. The lowest BCUT2D eigenvalue weighted by Gasteiger charge is -2.41. The lowest BCUT2D eigenvalue weighted by Crippen LogP contribution is -2.44. The van der Waals surface area contributed by atoms with Gasteiger partial charge in [-0.05, 0) is 64.0 Å². The van der Waals surface area contributed by atoms with Crippen molar-refractivity contribution in [1.82, 2.24) is 4.90 Å². The van der Waals surface area contributed by atoms with Crippen LogP contribution in [0.2, 0.25) is 0 Å². The van der Waals surface area contributed by atoms with E-state index in [9.17, 15) is 4.79 Å². The Morgan fingerprint density at radius 2 is 2.00 bits per heavy atom. The summed E-state index contributed by atoms with van der Waals surface area (Å²) >= 11 is 0. The van der Waals surface area contributed by atoms with E-state index in [1.54, 1.807) is 0 Å². The Hall–Kier alpha value is -0.610. The zero-order chi connectivity index (χ0) is 13.7. The highest BCUT2D eigenvalue weighted by Crippen LogP contribution is 2.29. The number of rotatable bonds is 5. The first-order valence-electron chi connectivity index (χ1n) is 7.67. The first-order chi connectivity index (χ1) is 9.19. The van der Waals surface area contributed by atoms with Gasteiger partial charge in [-0.25, -0.2) is 0 Å². The summed E-state index contributed by atoms with van der Waals surface area (Å²) in [5.41, 5.74) is 0. The molecule has 4 nitrogen and oxygen atoms in total. The van der Waals surface area contributed by atoms with Gasteiger partial charge in [-0.1, -0.05) is 0 Å². The molecule has 4 heteroatoms. The van der Waals surface area contributed by atoms with Gasteiger partial charge in [-0.3, -0.25) is 4.79 Å². The van der Waals surface area contributed by atoms with Gasteiger partial charge in [-0.2, -0.15) is 0 Å². The molecule has 1 N–H and O–H groups in total. The van der Waals surface area contributed by atoms with Crippen LogP contribution in [0, 0.1) is 5.92 Å². The molecule has 2 atom stereocenters. The first-order valence-corrected chi connectivity index (χ1v) is 7.67. The quantitative estimate of drug-likeness (QED) is 0.833. The van der Waals surface area contributed by atoms with E-state index < -0.39 is 5.97 Å². The van der Waals surface area contributed by atoms with Crippen LogP contribution in [-0.2, 0) is 9.53 Å². The third-order valence-corrected chi connectivity index (χ3v) is 4.86. The van der Waals surface area contributed by atoms with Gasteiger partial charge in [-0.15, -0.1) is 0 Å². The van der Waals surface area contributed by atoms with Gasteiger partial charge in [0.15, 0.2) is 0 Å². The van der Waals surface area contributed by atoms with Gasteiger partial charge in [0.05, 0.1) is 6.10 Å². The minimum absolute atomic E-state index is 0.333. The Labute approximate surface area is 116 Å². The second-order valence-corrected chi connectivity index (χ2v) is 6.09. The SMILES string of the molecule is COC1CCCC(N2CCC(CCC(=O)O)CC2)C1. The third-order valence-electron chi connectivity index (χ3n) is 4.86. The van der Waals surface area contributed by atoms with Crippen LogP contribution in [0.25, 0.3) is 0 Å². The molecule has 2 fully saturated rings. The molecule has 19 heavy (non-hydrogen) atoms. The summed E-state index contributed by atoms with van der Waals surface area (Å²) in [6.45, 7) is 2.29. The number of likely N-dealkylation sites (tertiary alicyclic amines) is 1. The van der Waals surface area contributed by atoms with Crippen molar-refractivity contribution in [2.75, 3.05) is 20.2 Å². The van der Waals surface area contributed by atoms with Gasteiger partial charge >= 0.3 is 5.97 Å². The van der Waals surface area contributed by atoms with E-state index in [1.165, 1.54) is 38.5 Å². The molecule has 0 amide bonds. The predicted octanol–water partition coefficient (Wildman–Crippen LogP) is 2.52. The van der Waals surface area contributed by atoms with Gasteiger partial charge < -0.3 is 14.7 Å². The van der Waals surface area contributed by atoms with E-state index in [-0.39, 0.29) is 0 Å². The minimum atomic E-state index is -0.655. The number of piperidine rings is 1. The van der Waals surface area contributed by atoms with Gasteiger partial charge in [0.2, 0.25) is 0 Å². The highest BCUT2D eigenvalue weighted by molar-refractivity contribution is 5.66. The molecule has 1 saturated heterocycles. The lowest BCUT2D eigenvalue weighted by molar-refractivity contribution is -0.137. The molecular weight excluding hydrogens is 242 g/mol. The largest absolute Gasteiger partial charge is 0.481 e.